The number of carbonyl (C=O) groups is 3. The molecule has 152 valence electrons. The minimum Gasteiger partial charge on any atom is -0.497 e. The van der Waals surface area contributed by atoms with E-state index in [1.54, 1.807) is 16.9 Å². The molecular weight excluding hydrogens is 362 g/mol. The van der Waals surface area contributed by atoms with Gasteiger partial charge in [-0.3, -0.25) is 14.5 Å². The molecule has 0 aliphatic carbocycles. The van der Waals surface area contributed by atoms with Crippen LogP contribution in [0.1, 0.15) is 18.4 Å². The molecule has 0 bridgehead atoms. The lowest BCUT2D eigenvalue weighted by Crippen LogP contribution is -2.43. The van der Waals surface area contributed by atoms with Crippen molar-refractivity contribution in [2.45, 2.75) is 25.3 Å². The van der Waals surface area contributed by atoms with Gasteiger partial charge in [0, 0.05) is 26.6 Å². The molecule has 3 rings (SSSR count). The molecule has 2 fully saturated rings. The van der Waals surface area contributed by atoms with E-state index in [4.69, 9.17) is 9.47 Å². The molecule has 2 heterocycles. The fourth-order valence-electron chi connectivity index (χ4n) is 3.71. The van der Waals surface area contributed by atoms with E-state index in [0.29, 0.717) is 39.0 Å². The third-order valence-corrected chi connectivity index (χ3v) is 5.26. The summed E-state index contributed by atoms with van der Waals surface area (Å²) < 4.78 is 10.2. The van der Waals surface area contributed by atoms with Crippen LogP contribution in [-0.4, -0.2) is 85.6 Å². The van der Waals surface area contributed by atoms with Crippen LogP contribution in [0.3, 0.4) is 0 Å². The predicted molar refractivity (Wildman–Crippen MR) is 102 cm³/mol. The SMILES string of the molecule is COCCN1C(=O)C2CN(C(=O)CCc3cccc(OC)c3)CCCN2C1=O. The summed E-state index contributed by atoms with van der Waals surface area (Å²) in [5.41, 5.74) is 1.03. The average Bonchev–Trinajstić information content (AvgIpc) is 2.87. The Labute approximate surface area is 165 Å². The number of nitrogens with zero attached hydrogens (tertiary/aromatic N) is 3. The monoisotopic (exact) mass is 389 g/mol. The van der Waals surface area contributed by atoms with Gasteiger partial charge in [0.1, 0.15) is 11.8 Å². The molecule has 0 spiro atoms. The van der Waals surface area contributed by atoms with Crippen LogP contribution in [0.25, 0.3) is 0 Å². The van der Waals surface area contributed by atoms with Gasteiger partial charge < -0.3 is 19.3 Å². The Morgan fingerprint density at radius 1 is 1.21 bits per heavy atom. The maximum absolute atomic E-state index is 12.8. The molecule has 1 aromatic carbocycles. The molecule has 0 N–H and O–H groups in total. The molecule has 1 aromatic rings. The highest BCUT2D eigenvalue weighted by atomic mass is 16.5. The Balaban J connectivity index is 1.61. The lowest BCUT2D eigenvalue weighted by molar-refractivity contribution is -0.133. The quantitative estimate of drug-likeness (QED) is 0.654. The van der Waals surface area contributed by atoms with Crippen molar-refractivity contribution in [3.05, 3.63) is 29.8 Å². The lowest BCUT2D eigenvalue weighted by atomic mass is 10.1. The Kier molecular flexibility index (Phi) is 6.51. The molecule has 8 heteroatoms. The topological polar surface area (TPSA) is 79.4 Å². The van der Waals surface area contributed by atoms with Gasteiger partial charge in [0.25, 0.3) is 5.91 Å². The zero-order chi connectivity index (χ0) is 20.1. The third-order valence-electron chi connectivity index (χ3n) is 5.26. The van der Waals surface area contributed by atoms with Gasteiger partial charge in [-0.1, -0.05) is 12.1 Å². The minimum atomic E-state index is -0.590. The maximum atomic E-state index is 12.8. The Bertz CT molecular complexity index is 738. The van der Waals surface area contributed by atoms with Crippen molar-refractivity contribution in [2.75, 3.05) is 47.0 Å². The number of rotatable bonds is 7. The molecule has 1 unspecified atom stereocenters. The molecule has 2 aliphatic rings. The number of benzene rings is 1. The van der Waals surface area contributed by atoms with Gasteiger partial charge in [-0.25, -0.2) is 4.79 Å². The first kappa shape index (κ1) is 20.1. The van der Waals surface area contributed by atoms with Crippen molar-refractivity contribution < 1.29 is 23.9 Å². The summed E-state index contributed by atoms with van der Waals surface area (Å²) in [5, 5.41) is 0. The highest BCUT2D eigenvalue weighted by Crippen LogP contribution is 2.22. The number of carbonyl (C=O) groups excluding carboxylic acids is 3. The third kappa shape index (κ3) is 4.27. The van der Waals surface area contributed by atoms with Crippen LogP contribution in [0.4, 0.5) is 4.79 Å². The van der Waals surface area contributed by atoms with Crippen molar-refractivity contribution in [2.24, 2.45) is 0 Å². The number of imide groups is 1. The summed E-state index contributed by atoms with van der Waals surface area (Å²) in [7, 11) is 3.15. The van der Waals surface area contributed by atoms with E-state index < -0.39 is 6.04 Å². The number of fused-ring (bicyclic) bond motifs is 1. The van der Waals surface area contributed by atoms with Crippen molar-refractivity contribution in [3.8, 4) is 5.75 Å². The van der Waals surface area contributed by atoms with E-state index in [0.717, 1.165) is 11.3 Å². The van der Waals surface area contributed by atoms with Crippen LogP contribution >= 0.6 is 0 Å². The minimum absolute atomic E-state index is 0.000241. The smallest absolute Gasteiger partial charge is 0.327 e. The fraction of sp³-hybridized carbons (Fsp3) is 0.550. The van der Waals surface area contributed by atoms with Crippen LogP contribution in [-0.2, 0) is 20.7 Å². The summed E-state index contributed by atoms with van der Waals surface area (Å²) in [5.74, 6) is 0.524. The molecule has 0 radical (unpaired) electrons. The average molecular weight is 389 g/mol. The molecule has 2 saturated heterocycles. The standard InChI is InChI=1S/C20H27N3O5/c1-27-12-11-23-19(25)17-14-21(9-4-10-22(17)20(23)26)18(24)8-7-15-5-3-6-16(13-15)28-2/h3,5-6,13,17H,4,7-12,14H2,1-2H3. The summed E-state index contributed by atoms with van der Waals surface area (Å²) in [4.78, 5) is 42.5. The number of hydrogen-bond acceptors (Lipinski definition) is 5. The summed E-state index contributed by atoms with van der Waals surface area (Å²) in [6.07, 6.45) is 1.63. The fourth-order valence-corrected chi connectivity index (χ4v) is 3.71. The Morgan fingerprint density at radius 3 is 2.79 bits per heavy atom. The first-order valence-corrected chi connectivity index (χ1v) is 9.56. The van der Waals surface area contributed by atoms with E-state index in [1.807, 2.05) is 24.3 Å². The Hall–Kier alpha value is -2.61. The van der Waals surface area contributed by atoms with Crippen LogP contribution in [0.5, 0.6) is 5.75 Å². The molecule has 2 aliphatic heterocycles. The summed E-state index contributed by atoms with van der Waals surface area (Å²) in [6.45, 7) is 1.85. The van der Waals surface area contributed by atoms with Gasteiger partial charge in [-0.15, -0.1) is 0 Å². The van der Waals surface area contributed by atoms with Crippen molar-refractivity contribution in [1.29, 1.82) is 0 Å². The second-order valence-corrected chi connectivity index (χ2v) is 7.02. The first-order chi connectivity index (χ1) is 13.5. The molecule has 0 saturated carbocycles. The molecule has 0 aromatic heterocycles. The summed E-state index contributed by atoms with van der Waals surface area (Å²) in [6, 6.07) is 6.79. The number of hydrogen-bond donors (Lipinski definition) is 0. The predicted octanol–water partition coefficient (Wildman–Crippen LogP) is 1.14. The van der Waals surface area contributed by atoms with E-state index in [1.165, 1.54) is 12.0 Å². The first-order valence-electron chi connectivity index (χ1n) is 9.56. The molecule has 4 amide bonds. The van der Waals surface area contributed by atoms with Gasteiger partial charge >= 0.3 is 6.03 Å². The number of aryl methyl sites for hydroxylation is 1. The highest BCUT2D eigenvalue weighted by molar-refractivity contribution is 6.04. The van der Waals surface area contributed by atoms with Gasteiger partial charge in [0.2, 0.25) is 5.91 Å². The zero-order valence-electron chi connectivity index (χ0n) is 16.4. The van der Waals surface area contributed by atoms with E-state index in [-0.39, 0.29) is 30.9 Å². The molecule has 1 atom stereocenters. The molecular formula is C20H27N3O5. The lowest BCUT2D eigenvalue weighted by Gasteiger charge is -2.23. The summed E-state index contributed by atoms with van der Waals surface area (Å²) >= 11 is 0. The Morgan fingerprint density at radius 2 is 2.04 bits per heavy atom. The molecule has 28 heavy (non-hydrogen) atoms. The maximum Gasteiger partial charge on any atom is 0.327 e. The van der Waals surface area contributed by atoms with Crippen molar-refractivity contribution in [1.82, 2.24) is 14.7 Å². The van der Waals surface area contributed by atoms with Crippen LogP contribution < -0.4 is 4.74 Å². The van der Waals surface area contributed by atoms with E-state index >= 15 is 0 Å². The van der Waals surface area contributed by atoms with Crippen LogP contribution in [0.2, 0.25) is 0 Å². The van der Waals surface area contributed by atoms with Crippen molar-refractivity contribution in [3.63, 3.8) is 0 Å². The number of methoxy groups -OCH3 is 2. The van der Waals surface area contributed by atoms with E-state index in [2.05, 4.69) is 0 Å². The van der Waals surface area contributed by atoms with Crippen LogP contribution in [0, 0.1) is 0 Å². The zero-order valence-corrected chi connectivity index (χ0v) is 16.4. The van der Waals surface area contributed by atoms with Crippen LogP contribution in [0.15, 0.2) is 24.3 Å². The van der Waals surface area contributed by atoms with Gasteiger partial charge in [-0.05, 0) is 30.5 Å². The van der Waals surface area contributed by atoms with Gasteiger partial charge in [-0.2, -0.15) is 0 Å². The second-order valence-electron chi connectivity index (χ2n) is 7.02. The number of ether oxygens (including phenoxy) is 2. The van der Waals surface area contributed by atoms with E-state index in [9.17, 15) is 14.4 Å². The number of amides is 4. The van der Waals surface area contributed by atoms with Gasteiger partial charge in [0.15, 0.2) is 0 Å². The largest absolute Gasteiger partial charge is 0.497 e. The highest BCUT2D eigenvalue weighted by Gasteiger charge is 2.46. The second kappa shape index (κ2) is 9.05. The number of urea groups is 1. The molecule has 8 nitrogen and oxygen atoms in total. The van der Waals surface area contributed by atoms with Gasteiger partial charge in [0.05, 0.1) is 26.8 Å². The van der Waals surface area contributed by atoms with Crippen molar-refractivity contribution >= 4 is 17.8 Å². The normalized spacial score (nSPS) is 19.6.